The van der Waals surface area contributed by atoms with E-state index in [0.29, 0.717) is 18.5 Å². The second-order valence-corrected chi connectivity index (χ2v) is 8.23. The van der Waals surface area contributed by atoms with Crippen molar-refractivity contribution in [3.8, 4) is 5.75 Å². The van der Waals surface area contributed by atoms with Gasteiger partial charge in [0.05, 0.1) is 18.8 Å². The fraction of sp³-hybridized carbons (Fsp3) is 0.421. The monoisotopic (exact) mass is 439 g/mol. The van der Waals surface area contributed by atoms with E-state index < -0.39 is 37.4 Å². The molecule has 4 unspecified atom stereocenters. The number of nitrogens with one attached hydrogen (secondary N) is 2. The number of ether oxygens (including phenoxy) is 1. The van der Waals surface area contributed by atoms with Crippen molar-refractivity contribution < 1.29 is 23.1 Å². The van der Waals surface area contributed by atoms with Gasteiger partial charge in [0.2, 0.25) is 0 Å². The van der Waals surface area contributed by atoms with E-state index in [1.807, 2.05) is 6.92 Å². The molecule has 0 saturated carbocycles. The molecule has 11 heteroatoms. The average molecular weight is 439 g/mol. The van der Waals surface area contributed by atoms with E-state index in [0.717, 1.165) is 0 Å². The zero-order valence-corrected chi connectivity index (χ0v) is 17.9. The molecule has 2 rings (SSSR count). The van der Waals surface area contributed by atoms with Crippen molar-refractivity contribution in [1.29, 1.82) is 0 Å². The van der Waals surface area contributed by atoms with Crippen LogP contribution in [0, 0.1) is 0 Å². The first-order valence-corrected chi connectivity index (χ1v) is 11.0. The summed E-state index contributed by atoms with van der Waals surface area (Å²) in [6.07, 6.45) is 1.15. The van der Waals surface area contributed by atoms with E-state index >= 15 is 0 Å². The molecular formula is C19H26N3O7P. The van der Waals surface area contributed by atoms with Crippen LogP contribution in [-0.4, -0.2) is 34.6 Å². The maximum Gasteiger partial charge on any atom is 0.459 e. The van der Waals surface area contributed by atoms with Gasteiger partial charge in [0.25, 0.3) is 5.56 Å². The fourth-order valence-electron chi connectivity index (χ4n) is 2.48. The summed E-state index contributed by atoms with van der Waals surface area (Å²) in [5.41, 5.74) is -1.11. The molecule has 0 aliphatic carbocycles. The van der Waals surface area contributed by atoms with Crippen molar-refractivity contribution in [3.63, 3.8) is 0 Å². The van der Waals surface area contributed by atoms with Crippen molar-refractivity contribution in [1.82, 2.24) is 14.6 Å². The summed E-state index contributed by atoms with van der Waals surface area (Å²) in [6, 6.07) is 8.88. The highest BCUT2D eigenvalue weighted by molar-refractivity contribution is 7.52. The highest BCUT2D eigenvalue weighted by atomic mass is 31.2. The van der Waals surface area contributed by atoms with Gasteiger partial charge in [-0.2, -0.15) is 0 Å². The highest BCUT2D eigenvalue weighted by Crippen LogP contribution is 2.45. The molecule has 0 saturated heterocycles. The van der Waals surface area contributed by atoms with Crippen LogP contribution in [0.5, 0.6) is 5.75 Å². The number of nitrogens with zero attached hydrogens (tertiary/aromatic N) is 1. The van der Waals surface area contributed by atoms with Crippen LogP contribution in [0.25, 0.3) is 0 Å². The minimum absolute atomic E-state index is 0.123. The van der Waals surface area contributed by atoms with Crippen LogP contribution >= 0.6 is 7.75 Å². The Morgan fingerprint density at radius 2 is 1.90 bits per heavy atom. The summed E-state index contributed by atoms with van der Waals surface area (Å²) < 4.78 is 31.2. The molecule has 0 radical (unpaired) electrons. The SMILES string of the molecule is CCC(COP(=O)(NC(C)C=O)Oc1ccccc1)OC(C)n1ccc(=O)[nH]c1=O. The molecule has 2 aromatic rings. The van der Waals surface area contributed by atoms with Gasteiger partial charge in [-0.1, -0.05) is 25.1 Å². The summed E-state index contributed by atoms with van der Waals surface area (Å²) >= 11 is 0. The summed E-state index contributed by atoms with van der Waals surface area (Å²) in [6.45, 7) is 4.87. The van der Waals surface area contributed by atoms with Crippen LogP contribution in [0.15, 0.2) is 52.2 Å². The third kappa shape index (κ3) is 7.07. The number of hydrogen-bond acceptors (Lipinski definition) is 7. The first-order chi connectivity index (χ1) is 14.3. The van der Waals surface area contributed by atoms with Gasteiger partial charge >= 0.3 is 13.4 Å². The minimum Gasteiger partial charge on any atom is -0.413 e. The van der Waals surface area contributed by atoms with E-state index in [1.54, 1.807) is 37.3 Å². The zero-order valence-electron chi connectivity index (χ0n) is 17.0. The Kier molecular flexibility index (Phi) is 8.73. The quantitative estimate of drug-likeness (QED) is 0.381. The van der Waals surface area contributed by atoms with Crippen molar-refractivity contribution in [2.45, 2.75) is 45.6 Å². The van der Waals surface area contributed by atoms with Gasteiger partial charge in [-0.3, -0.25) is 18.9 Å². The third-order valence-electron chi connectivity index (χ3n) is 4.05. The lowest BCUT2D eigenvalue weighted by Gasteiger charge is -2.26. The molecular weight excluding hydrogens is 413 g/mol. The van der Waals surface area contributed by atoms with Gasteiger partial charge < -0.3 is 14.1 Å². The van der Waals surface area contributed by atoms with E-state index in [1.165, 1.54) is 23.8 Å². The number of rotatable bonds is 12. The standard InChI is InChI=1S/C19H26N3O7P/c1-4-16(28-15(3)22-11-10-18(24)20-19(22)25)13-27-30(26,21-14(2)12-23)29-17-8-6-5-7-9-17/h5-12,14-16H,4,13H2,1-3H3,(H,21,26)(H,20,24,25). The maximum absolute atomic E-state index is 13.2. The zero-order chi connectivity index (χ0) is 22.1. The van der Waals surface area contributed by atoms with Gasteiger partial charge in [0.1, 0.15) is 18.3 Å². The summed E-state index contributed by atoms with van der Waals surface area (Å²) in [7, 11) is -3.89. The number of carbonyl (C=O) groups is 1. The van der Waals surface area contributed by atoms with Gasteiger partial charge in [-0.15, -0.1) is 0 Å². The summed E-state index contributed by atoms with van der Waals surface area (Å²) in [4.78, 5) is 36.3. The maximum atomic E-state index is 13.2. The van der Waals surface area contributed by atoms with Gasteiger partial charge in [-0.25, -0.2) is 14.4 Å². The predicted molar refractivity (Wildman–Crippen MR) is 110 cm³/mol. The van der Waals surface area contributed by atoms with E-state index in [9.17, 15) is 18.9 Å². The van der Waals surface area contributed by atoms with E-state index in [-0.39, 0.29) is 6.61 Å². The molecule has 0 bridgehead atoms. The van der Waals surface area contributed by atoms with Crippen LogP contribution in [0.4, 0.5) is 0 Å². The summed E-state index contributed by atoms with van der Waals surface area (Å²) in [5, 5.41) is 2.56. The first-order valence-electron chi connectivity index (χ1n) is 9.45. The van der Waals surface area contributed by atoms with E-state index in [4.69, 9.17) is 13.8 Å². The topological polar surface area (TPSA) is 129 Å². The van der Waals surface area contributed by atoms with Crippen LogP contribution in [-0.2, 0) is 18.6 Å². The molecule has 10 nitrogen and oxygen atoms in total. The molecule has 2 N–H and O–H groups in total. The average Bonchev–Trinajstić information content (AvgIpc) is 2.71. The number of aromatic nitrogens is 2. The number of para-hydroxylation sites is 1. The number of aldehydes is 1. The Hall–Kier alpha value is -2.52. The number of H-pyrrole nitrogens is 1. The molecule has 1 aromatic carbocycles. The number of hydrogen-bond donors (Lipinski definition) is 2. The fourth-order valence-corrected chi connectivity index (χ4v) is 3.98. The van der Waals surface area contributed by atoms with Crippen molar-refractivity contribution in [2.75, 3.05) is 6.61 Å². The molecule has 0 aliphatic rings. The largest absolute Gasteiger partial charge is 0.459 e. The van der Waals surface area contributed by atoms with Crippen LogP contribution in [0.3, 0.4) is 0 Å². The minimum atomic E-state index is -3.89. The molecule has 1 heterocycles. The van der Waals surface area contributed by atoms with Gasteiger partial charge in [-0.05, 0) is 32.4 Å². The molecule has 4 atom stereocenters. The van der Waals surface area contributed by atoms with Crippen molar-refractivity contribution in [3.05, 3.63) is 63.4 Å². The van der Waals surface area contributed by atoms with Gasteiger partial charge in [0, 0.05) is 12.3 Å². The van der Waals surface area contributed by atoms with Crippen molar-refractivity contribution >= 4 is 14.0 Å². The van der Waals surface area contributed by atoms with Crippen molar-refractivity contribution in [2.24, 2.45) is 0 Å². The lowest BCUT2D eigenvalue weighted by Crippen LogP contribution is -2.34. The third-order valence-corrected chi connectivity index (χ3v) is 5.72. The highest BCUT2D eigenvalue weighted by Gasteiger charge is 2.30. The Balaban J connectivity index is 2.08. The lowest BCUT2D eigenvalue weighted by atomic mass is 10.3. The second-order valence-electron chi connectivity index (χ2n) is 6.53. The molecule has 0 fully saturated rings. The predicted octanol–water partition coefficient (Wildman–Crippen LogP) is 2.23. The Bertz CT molecular complexity index is 976. The van der Waals surface area contributed by atoms with Crippen LogP contribution in [0.2, 0.25) is 0 Å². The molecule has 0 aliphatic heterocycles. The van der Waals surface area contributed by atoms with Crippen LogP contribution < -0.4 is 20.9 Å². The Morgan fingerprint density at radius 1 is 1.20 bits per heavy atom. The molecule has 30 heavy (non-hydrogen) atoms. The number of aromatic amines is 1. The second kappa shape index (κ2) is 11.0. The summed E-state index contributed by atoms with van der Waals surface area (Å²) in [5.74, 6) is 0.313. The van der Waals surface area contributed by atoms with Crippen LogP contribution in [0.1, 0.15) is 33.4 Å². The normalized spacial score (nSPS) is 16.2. The first kappa shape index (κ1) is 23.8. The Labute approximate surface area is 173 Å². The molecule has 0 spiro atoms. The molecule has 164 valence electrons. The Morgan fingerprint density at radius 3 is 2.50 bits per heavy atom. The number of benzene rings is 1. The lowest BCUT2D eigenvalue weighted by molar-refractivity contribution is -0.109. The van der Waals surface area contributed by atoms with Gasteiger partial charge in [0.15, 0.2) is 0 Å². The smallest absolute Gasteiger partial charge is 0.413 e. The molecule has 1 aromatic heterocycles. The molecule has 0 amide bonds. The van der Waals surface area contributed by atoms with E-state index in [2.05, 4.69) is 10.1 Å². The number of carbonyl (C=O) groups excluding carboxylic acids is 1.